The number of carbonyl (C=O) groups is 2. The van der Waals surface area contributed by atoms with Crippen molar-refractivity contribution in [3.8, 4) is 28.6 Å². The molecule has 2 aromatic carbocycles. The number of carbonyl (C=O) groups excluding carboxylic acids is 2. The number of hydrogen-bond acceptors (Lipinski definition) is 8. The third-order valence-corrected chi connectivity index (χ3v) is 5.24. The SMILES string of the molecule is CCN1C(=O)COc2cc(-c3noc(C(=O)NCCc4ccc(OC)c(OC)c4)n3)ccc21. The molecule has 10 nitrogen and oxygen atoms in total. The minimum atomic E-state index is -0.466. The zero-order valence-electron chi connectivity index (χ0n) is 18.6. The standard InChI is InChI=1S/C23H24N4O6/c1-4-27-16-7-6-15(12-18(16)32-13-20(27)28)21-25-23(33-26-21)22(29)24-10-9-14-5-8-17(30-2)19(11-14)31-3/h5-8,11-12H,4,9-10,13H2,1-3H3,(H,24,29). The summed E-state index contributed by atoms with van der Waals surface area (Å²) in [6, 6.07) is 10.8. The molecule has 0 spiro atoms. The van der Waals surface area contributed by atoms with Crippen LogP contribution in [0.5, 0.6) is 17.2 Å². The predicted octanol–water partition coefficient (Wildman–Crippen LogP) is 2.47. The summed E-state index contributed by atoms with van der Waals surface area (Å²) in [5.41, 5.74) is 2.29. The van der Waals surface area contributed by atoms with Crippen molar-refractivity contribution in [2.45, 2.75) is 13.3 Å². The smallest absolute Gasteiger partial charge is 0.316 e. The molecule has 0 fully saturated rings. The van der Waals surface area contributed by atoms with E-state index in [1.807, 2.05) is 25.1 Å². The van der Waals surface area contributed by atoms with Crippen molar-refractivity contribution in [3.05, 3.63) is 47.9 Å². The number of likely N-dealkylation sites (N-methyl/N-ethyl adjacent to an activating group) is 1. The number of fused-ring (bicyclic) bond motifs is 1. The Morgan fingerprint density at radius 3 is 2.73 bits per heavy atom. The zero-order valence-corrected chi connectivity index (χ0v) is 18.6. The number of anilines is 1. The largest absolute Gasteiger partial charge is 0.493 e. The molecular weight excluding hydrogens is 428 g/mol. The summed E-state index contributed by atoms with van der Waals surface area (Å²) in [4.78, 5) is 30.2. The van der Waals surface area contributed by atoms with Crippen LogP contribution in [0, 0.1) is 0 Å². The van der Waals surface area contributed by atoms with Gasteiger partial charge in [0.05, 0.1) is 19.9 Å². The summed E-state index contributed by atoms with van der Waals surface area (Å²) in [6.07, 6.45) is 0.585. The lowest BCUT2D eigenvalue weighted by molar-refractivity contribution is -0.121. The topological polar surface area (TPSA) is 116 Å². The van der Waals surface area contributed by atoms with Gasteiger partial charge in [0, 0.05) is 18.7 Å². The molecule has 0 radical (unpaired) electrons. The monoisotopic (exact) mass is 452 g/mol. The highest BCUT2D eigenvalue weighted by Crippen LogP contribution is 2.35. The van der Waals surface area contributed by atoms with E-state index in [9.17, 15) is 9.59 Å². The van der Waals surface area contributed by atoms with Crippen LogP contribution in [-0.4, -0.2) is 55.9 Å². The summed E-state index contributed by atoms with van der Waals surface area (Å²) >= 11 is 0. The number of methoxy groups -OCH3 is 2. The second-order valence-corrected chi connectivity index (χ2v) is 7.23. The first kappa shape index (κ1) is 22.1. The highest BCUT2D eigenvalue weighted by atomic mass is 16.5. The number of nitrogens with zero attached hydrogens (tertiary/aromatic N) is 3. The molecule has 1 aliphatic rings. The van der Waals surface area contributed by atoms with Crippen LogP contribution in [0.25, 0.3) is 11.4 Å². The van der Waals surface area contributed by atoms with Crippen LogP contribution in [0.1, 0.15) is 23.2 Å². The Labute approximate surface area is 190 Å². The Balaban J connectivity index is 1.39. The minimum Gasteiger partial charge on any atom is -0.493 e. The Morgan fingerprint density at radius 1 is 1.15 bits per heavy atom. The average Bonchev–Trinajstić information content (AvgIpc) is 3.34. The summed E-state index contributed by atoms with van der Waals surface area (Å²) in [5.74, 6) is 1.39. The van der Waals surface area contributed by atoms with E-state index >= 15 is 0 Å². The Hall–Kier alpha value is -4.08. The lowest BCUT2D eigenvalue weighted by Crippen LogP contribution is -2.38. The van der Waals surface area contributed by atoms with Crippen molar-refractivity contribution < 1.29 is 28.3 Å². The summed E-state index contributed by atoms with van der Waals surface area (Å²) in [5, 5.41) is 6.68. The molecule has 0 aliphatic carbocycles. The van der Waals surface area contributed by atoms with Gasteiger partial charge in [-0.25, -0.2) is 0 Å². The van der Waals surface area contributed by atoms with Gasteiger partial charge in [0.1, 0.15) is 5.75 Å². The molecule has 10 heteroatoms. The van der Waals surface area contributed by atoms with Crippen LogP contribution in [-0.2, 0) is 11.2 Å². The predicted molar refractivity (Wildman–Crippen MR) is 119 cm³/mol. The first-order chi connectivity index (χ1) is 16.0. The van der Waals surface area contributed by atoms with E-state index in [4.69, 9.17) is 18.7 Å². The lowest BCUT2D eigenvalue weighted by Gasteiger charge is -2.28. The van der Waals surface area contributed by atoms with Crippen LogP contribution >= 0.6 is 0 Å². The van der Waals surface area contributed by atoms with Crippen molar-refractivity contribution in [2.24, 2.45) is 0 Å². The molecule has 4 rings (SSSR count). The van der Waals surface area contributed by atoms with Gasteiger partial charge < -0.3 is 29.0 Å². The molecule has 1 N–H and O–H groups in total. The molecule has 33 heavy (non-hydrogen) atoms. The molecule has 0 saturated carbocycles. The Bertz CT molecular complexity index is 1180. The number of hydrogen-bond donors (Lipinski definition) is 1. The van der Waals surface area contributed by atoms with E-state index in [-0.39, 0.29) is 24.2 Å². The van der Waals surface area contributed by atoms with Gasteiger partial charge in [-0.3, -0.25) is 9.59 Å². The number of rotatable bonds is 8. The third kappa shape index (κ3) is 4.59. The highest BCUT2D eigenvalue weighted by Gasteiger charge is 2.25. The average molecular weight is 452 g/mol. The van der Waals surface area contributed by atoms with Gasteiger partial charge >= 0.3 is 11.8 Å². The van der Waals surface area contributed by atoms with Crippen molar-refractivity contribution in [2.75, 3.05) is 38.8 Å². The molecular formula is C23H24N4O6. The van der Waals surface area contributed by atoms with Crippen molar-refractivity contribution in [1.29, 1.82) is 0 Å². The number of ether oxygens (including phenoxy) is 3. The van der Waals surface area contributed by atoms with Gasteiger partial charge in [0.25, 0.3) is 5.91 Å². The fourth-order valence-electron chi connectivity index (χ4n) is 3.56. The first-order valence-corrected chi connectivity index (χ1v) is 10.4. The van der Waals surface area contributed by atoms with Crippen molar-refractivity contribution in [1.82, 2.24) is 15.5 Å². The summed E-state index contributed by atoms with van der Waals surface area (Å²) in [7, 11) is 3.15. The molecule has 1 aliphatic heterocycles. The molecule has 2 heterocycles. The highest BCUT2D eigenvalue weighted by molar-refractivity contribution is 5.98. The summed E-state index contributed by atoms with van der Waals surface area (Å²) in [6.45, 7) is 2.80. The molecule has 3 aromatic rings. The maximum absolute atomic E-state index is 12.4. The minimum absolute atomic E-state index is 0.0235. The lowest BCUT2D eigenvalue weighted by atomic mass is 10.1. The fourth-order valence-corrected chi connectivity index (χ4v) is 3.56. The van der Waals surface area contributed by atoms with Crippen LogP contribution in [0.15, 0.2) is 40.9 Å². The van der Waals surface area contributed by atoms with Gasteiger partial charge in [-0.05, 0) is 49.2 Å². The van der Waals surface area contributed by atoms with Crippen LogP contribution in [0.2, 0.25) is 0 Å². The number of nitrogens with one attached hydrogen (secondary N) is 1. The molecule has 0 bridgehead atoms. The normalized spacial score (nSPS) is 12.7. The molecule has 0 unspecified atom stereocenters. The van der Waals surface area contributed by atoms with Gasteiger partial charge in [-0.15, -0.1) is 0 Å². The van der Waals surface area contributed by atoms with E-state index in [0.717, 1.165) is 5.56 Å². The van der Waals surface area contributed by atoms with Crippen LogP contribution in [0.4, 0.5) is 5.69 Å². The molecule has 0 atom stereocenters. The first-order valence-electron chi connectivity index (χ1n) is 10.4. The molecule has 2 amide bonds. The van der Waals surface area contributed by atoms with Gasteiger partial charge in [0.15, 0.2) is 18.1 Å². The van der Waals surface area contributed by atoms with Gasteiger partial charge in [0.2, 0.25) is 5.82 Å². The number of benzene rings is 2. The zero-order chi connectivity index (χ0) is 23.4. The maximum atomic E-state index is 12.4. The molecule has 172 valence electrons. The van der Waals surface area contributed by atoms with E-state index in [1.165, 1.54) is 0 Å². The van der Waals surface area contributed by atoms with Crippen molar-refractivity contribution >= 4 is 17.5 Å². The number of aromatic nitrogens is 2. The van der Waals surface area contributed by atoms with Crippen LogP contribution < -0.4 is 24.4 Å². The summed E-state index contributed by atoms with van der Waals surface area (Å²) < 4.78 is 21.2. The van der Waals surface area contributed by atoms with Gasteiger partial charge in [-0.1, -0.05) is 11.2 Å². The van der Waals surface area contributed by atoms with Crippen molar-refractivity contribution in [3.63, 3.8) is 0 Å². The van der Waals surface area contributed by atoms with Crippen LogP contribution in [0.3, 0.4) is 0 Å². The molecule has 1 aromatic heterocycles. The Morgan fingerprint density at radius 2 is 1.97 bits per heavy atom. The maximum Gasteiger partial charge on any atom is 0.316 e. The molecule has 0 saturated heterocycles. The second-order valence-electron chi connectivity index (χ2n) is 7.23. The van der Waals surface area contributed by atoms with E-state index in [1.54, 1.807) is 37.3 Å². The Kier molecular flexibility index (Phi) is 6.43. The number of amides is 2. The van der Waals surface area contributed by atoms with E-state index < -0.39 is 5.91 Å². The second kappa shape index (κ2) is 9.60. The van der Waals surface area contributed by atoms with E-state index in [0.29, 0.717) is 48.0 Å². The fraction of sp³-hybridized carbons (Fsp3) is 0.304. The quantitative estimate of drug-likeness (QED) is 0.554. The van der Waals surface area contributed by atoms with Gasteiger partial charge in [-0.2, -0.15) is 4.98 Å². The third-order valence-electron chi connectivity index (χ3n) is 5.24. The van der Waals surface area contributed by atoms with E-state index in [2.05, 4.69) is 15.5 Å².